The second-order valence-corrected chi connectivity index (χ2v) is 6.45. The number of esters is 1. The molecule has 1 aliphatic heterocycles. The lowest BCUT2D eigenvalue weighted by Gasteiger charge is -2.10. The normalized spacial score (nSPS) is 17.8. The summed E-state index contributed by atoms with van der Waals surface area (Å²) < 4.78 is 5.29. The molecule has 0 saturated heterocycles. The average molecular weight is 356 g/mol. The molecule has 5 heteroatoms. The smallest absolute Gasteiger partial charge is 0.334 e. The van der Waals surface area contributed by atoms with Crippen molar-refractivity contribution in [2.45, 2.75) is 45.6 Å². The van der Waals surface area contributed by atoms with Gasteiger partial charge < -0.3 is 14.9 Å². The van der Waals surface area contributed by atoms with Gasteiger partial charge in [-0.15, -0.1) is 0 Å². The van der Waals surface area contributed by atoms with Crippen LogP contribution in [-0.2, 0) is 14.3 Å². The van der Waals surface area contributed by atoms with Crippen molar-refractivity contribution in [3.63, 3.8) is 0 Å². The summed E-state index contributed by atoms with van der Waals surface area (Å²) in [4.78, 5) is 22.6. The predicted octanol–water partition coefficient (Wildman–Crippen LogP) is 4.27. The maximum Gasteiger partial charge on any atom is 0.334 e. The van der Waals surface area contributed by atoms with Crippen molar-refractivity contribution < 1.29 is 24.5 Å². The van der Waals surface area contributed by atoms with E-state index in [2.05, 4.69) is 6.08 Å². The Labute approximate surface area is 153 Å². The van der Waals surface area contributed by atoms with Gasteiger partial charge in [-0.2, -0.15) is 0 Å². The number of ether oxygens (including phenoxy) is 1. The van der Waals surface area contributed by atoms with Crippen LogP contribution in [0.1, 0.15) is 51.2 Å². The van der Waals surface area contributed by atoms with E-state index in [1.165, 1.54) is 23.8 Å². The molecule has 26 heavy (non-hydrogen) atoms. The van der Waals surface area contributed by atoms with E-state index < -0.39 is 12.1 Å². The van der Waals surface area contributed by atoms with Gasteiger partial charge in [0.15, 0.2) is 0 Å². The number of carbonyl (C=O) groups is 2. The Bertz CT molecular complexity index is 771. The number of rotatable bonds is 8. The van der Waals surface area contributed by atoms with Crippen molar-refractivity contribution in [1.82, 2.24) is 0 Å². The van der Waals surface area contributed by atoms with Gasteiger partial charge in [0.2, 0.25) is 0 Å². The Morgan fingerprint density at radius 2 is 1.96 bits per heavy atom. The quantitative estimate of drug-likeness (QED) is 0.239. The van der Waals surface area contributed by atoms with E-state index in [0.717, 1.165) is 24.7 Å². The lowest BCUT2D eigenvalue weighted by Crippen LogP contribution is -2.02. The van der Waals surface area contributed by atoms with Gasteiger partial charge in [0.25, 0.3) is 0 Å². The zero-order chi connectivity index (χ0) is 19.1. The molecule has 1 aromatic carbocycles. The zero-order valence-corrected chi connectivity index (χ0v) is 15.1. The van der Waals surface area contributed by atoms with Gasteiger partial charge in [0, 0.05) is 11.1 Å². The van der Waals surface area contributed by atoms with Crippen molar-refractivity contribution in [2.24, 2.45) is 0 Å². The van der Waals surface area contributed by atoms with Gasteiger partial charge in [-0.05, 0) is 69.4 Å². The second-order valence-electron chi connectivity index (χ2n) is 6.45. The molecule has 0 fully saturated rings. The van der Waals surface area contributed by atoms with Crippen LogP contribution in [0, 0.1) is 0 Å². The van der Waals surface area contributed by atoms with Crippen LogP contribution in [0.4, 0.5) is 0 Å². The van der Waals surface area contributed by atoms with Crippen LogP contribution in [0.2, 0.25) is 0 Å². The molecule has 0 bridgehead atoms. The molecule has 0 radical (unpaired) electrons. The summed E-state index contributed by atoms with van der Waals surface area (Å²) in [6.45, 7) is 3.81. The van der Waals surface area contributed by atoms with E-state index in [9.17, 15) is 19.8 Å². The SMILES string of the molecule is C/C(C=O)=C\CC/C(C)=C/CCC1=C[C@H](c2cc(O)ccc2O)OC1=O. The maximum atomic E-state index is 12.0. The zero-order valence-electron chi connectivity index (χ0n) is 15.1. The number of benzene rings is 1. The van der Waals surface area contributed by atoms with Gasteiger partial charge in [-0.25, -0.2) is 4.79 Å². The molecule has 138 valence electrons. The van der Waals surface area contributed by atoms with E-state index in [1.54, 1.807) is 13.0 Å². The number of phenolic OH excluding ortho intramolecular Hbond substituents is 2. The number of hydrogen-bond donors (Lipinski definition) is 2. The molecule has 0 aromatic heterocycles. The molecule has 0 amide bonds. The standard InChI is InChI=1S/C21H24O5/c1-14(5-3-7-15(2)13-22)6-4-8-16-11-20(26-21(16)25)18-12-17(23)9-10-19(18)24/h6-7,9-13,20,23-24H,3-5,8H2,1-2H3/b14-6+,15-7+/t20-/m1/s1. The monoisotopic (exact) mass is 356 g/mol. The van der Waals surface area contributed by atoms with E-state index in [-0.39, 0.29) is 11.5 Å². The minimum absolute atomic E-state index is 0.00752. The van der Waals surface area contributed by atoms with Gasteiger partial charge in [0.05, 0.1) is 0 Å². The van der Waals surface area contributed by atoms with E-state index in [0.29, 0.717) is 24.0 Å². The molecule has 2 N–H and O–H groups in total. The fourth-order valence-electron chi connectivity index (χ4n) is 2.74. The Morgan fingerprint density at radius 1 is 1.19 bits per heavy atom. The van der Waals surface area contributed by atoms with Gasteiger partial charge in [-0.1, -0.05) is 17.7 Å². The molecule has 5 nitrogen and oxygen atoms in total. The predicted molar refractivity (Wildman–Crippen MR) is 98.7 cm³/mol. The Kier molecular flexibility index (Phi) is 6.78. The Morgan fingerprint density at radius 3 is 2.69 bits per heavy atom. The highest BCUT2D eigenvalue weighted by Crippen LogP contribution is 2.36. The first-order valence-electron chi connectivity index (χ1n) is 8.62. The highest BCUT2D eigenvalue weighted by Gasteiger charge is 2.28. The Hall–Kier alpha value is -2.82. The van der Waals surface area contributed by atoms with Crippen molar-refractivity contribution in [2.75, 3.05) is 0 Å². The third kappa shape index (κ3) is 5.34. The summed E-state index contributed by atoms with van der Waals surface area (Å²) in [5.74, 6) is -0.408. The van der Waals surface area contributed by atoms with Crippen LogP contribution < -0.4 is 0 Å². The number of allylic oxidation sites excluding steroid dienone is 4. The third-order valence-corrected chi connectivity index (χ3v) is 4.26. The maximum absolute atomic E-state index is 12.0. The topological polar surface area (TPSA) is 83.8 Å². The van der Waals surface area contributed by atoms with Gasteiger partial charge in [0.1, 0.15) is 23.9 Å². The first-order chi connectivity index (χ1) is 12.4. The fraction of sp³-hybridized carbons (Fsp3) is 0.333. The van der Waals surface area contributed by atoms with E-state index in [1.807, 2.05) is 13.0 Å². The Balaban J connectivity index is 1.93. The van der Waals surface area contributed by atoms with Crippen LogP contribution in [0.25, 0.3) is 0 Å². The number of carbonyl (C=O) groups excluding carboxylic acids is 2. The molecule has 0 spiro atoms. The van der Waals surface area contributed by atoms with Crippen molar-refractivity contribution >= 4 is 12.3 Å². The first kappa shape index (κ1) is 19.5. The summed E-state index contributed by atoms with van der Waals surface area (Å²) in [6.07, 6.45) is 8.80. The van der Waals surface area contributed by atoms with Crippen LogP contribution in [-0.4, -0.2) is 22.5 Å². The van der Waals surface area contributed by atoms with E-state index >= 15 is 0 Å². The molecule has 0 aliphatic carbocycles. The number of cyclic esters (lactones) is 1. The van der Waals surface area contributed by atoms with Crippen LogP contribution in [0.5, 0.6) is 11.5 Å². The highest BCUT2D eigenvalue weighted by atomic mass is 16.5. The number of aldehydes is 1. The number of aromatic hydroxyl groups is 2. The highest BCUT2D eigenvalue weighted by molar-refractivity contribution is 5.91. The third-order valence-electron chi connectivity index (χ3n) is 4.26. The first-order valence-corrected chi connectivity index (χ1v) is 8.62. The lowest BCUT2D eigenvalue weighted by atomic mass is 10.0. The minimum Gasteiger partial charge on any atom is -0.508 e. The van der Waals surface area contributed by atoms with Crippen LogP contribution >= 0.6 is 0 Å². The second kappa shape index (κ2) is 9.04. The lowest BCUT2D eigenvalue weighted by molar-refractivity contribution is -0.140. The molecule has 1 aliphatic rings. The molecule has 2 rings (SSSR count). The molecule has 1 atom stereocenters. The van der Waals surface area contributed by atoms with Gasteiger partial charge >= 0.3 is 5.97 Å². The molecule has 0 saturated carbocycles. The fourth-order valence-corrected chi connectivity index (χ4v) is 2.74. The largest absolute Gasteiger partial charge is 0.508 e. The summed E-state index contributed by atoms with van der Waals surface area (Å²) >= 11 is 0. The molecular weight excluding hydrogens is 332 g/mol. The summed E-state index contributed by atoms with van der Waals surface area (Å²) in [5, 5.41) is 19.4. The van der Waals surface area contributed by atoms with Crippen LogP contribution in [0.3, 0.4) is 0 Å². The van der Waals surface area contributed by atoms with Gasteiger partial charge in [-0.3, -0.25) is 4.79 Å². The molecule has 1 aromatic rings. The van der Waals surface area contributed by atoms with Crippen molar-refractivity contribution in [3.05, 3.63) is 58.7 Å². The molecule has 1 heterocycles. The average Bonchev–Trinajstić information content (AvgIpc) is 2.97. The number of hydrogen-bond acceptors (Lipinski definition) is 5. The molecule has 0 unspecified atom stereocenters. The van der Waals surface area contributed by atoms with Crippen molar-refractivity contribution in [3.8, 4) is 11.5 Å². The summed E-state index contributed by atoms with van der Waals surface area (Å²) in [5.41, 5.74) is 2.88. The molecular formula is C21H24O5. The van der Waals surface area contributed by atoms with E-state index in [4.69, 9.17) is 4.74 Å². The number of phenols is 2. The van der Waals surface area contributed by atoms with Crippen LogP contribution in [0.15, 0.2) is 53.1 Å². The summed E-state index contributed by atoms with van der Waals surface area (Å²) in [7, 11) is 0. The summed E-state index contributed by atoms with van der Waals surface area (Å²) in [6, 6.07) is 4.14. The minimum atomic E-state index is -0.675. The van der Waals surface area contributed by atoms with Crippen molar-refractivity contribution in [1.29, 1.82) is 0 Å².